The van der Waals surface area contributed by atoms with Crippen LogP contribution in [0.2, 0.25) is 0 Å². The lowest BCUT2D eigenvalue weighted by Crippen LogP contribution is -2.43. The Bertz CT molecular complexity index is 485. The van der Waals surface area contributed by atoms with Crippen LogP contribution in [0.4, 0.5) is 0 Å². The van der Waals surface area contributed by atoms with Crippen molar-refractivity contribution < 1.29 is 13.5 Å². The normalized spacial score (nSPS) is 12.7. The van der Waals surface area contributed by atoms with Crippen LogP contribution in [0.3, 0.4) is 0 Å². The molecule has 0 aliphatic carbocycles. The summed E-state index contributed by atoms with van der Waals surface area (Å²) in [6.07, 6.45) is 0.358. The van der Waals surface area contributed by atoms with Crippen molar-refractivity contribution in [1.29, 1.82) is 0 Å². The Kier molecular flexibility index (Phi) is 4.71. The van der Waals surface area contributed by atoms with Gasteiger partial charge in [-0.15, -0.1) is 0 Å². The predicted molar refractivity (Wildman–Crippen MR) is 70.2 cm³/mol. The lowest BCUT2D eigenvalue weighted by Gasteiger charge is -2.25. The van der Waals surface area contributed by atoms with Gasteiger partial charge in [0.15, 0.2) is 0 Å². The number of benzene rings is 1. The molecular formula is C11H16BrNO3S. The first-order valence-corrected chi connectivity index (χ1v) is 7.45. The molecule has 4 nitrogen and oxygen atoms in total. The SMILES string of the molecule is CC(C)(CCO)NS(=O)(=O)c1ccccc1Br. The maximum atomic E-state index is 12.1. The molecule has 1 rings (SSSR count). The van der Waals surface area contributed by atoms with Gasteiger partial charge in [0.05, 0.1) is 4.90 Å². The van der Waals surface area contributed by atoms with E-state index in [0.717, 1.165) is 0 Å². The van der Waals surface area contributed by atoms with Gasteiger partial charge in [-0.2, -0.15) is 0 Å². The molecule has 1 aromatic carbocycles. The molecule has 0 saturated carbocycles. The third-order valence-electron chi connectivity index (χ3n) is 2.27. The first-order valence-electron chi connectivity index (χ1n) is 5.18. The van der Waals surface area contributed by atoms with E-state index in [4.69, 9.17) is 5.11 Å². The van der Waals surface area contributed by atoms with E-state index >= 15 is 0 Å². The summed E-state index contributed by atoms with van der Waals surface area (Å²) in [5, 5.41) is 8.88. The molecule has 2 N–H and O–H groups in total. The minimum absolute atomic E-state index is 0.0640. The van der Waals surface area contributed by atoms with Gasteiger partial charge in [-0.25, -0.2) is 13.1 Å². The fourth-order valence-electron chi connectivity index (χ4n) is 1.41. The van der Waals surface area contributed by atoms with Gasteiger partial charge < -0.3 is 5.11 Å². The molecule has 6 heteroatoms. The van der Waals surface area contributed by atoms with Crippen LogP contribution in [-0.4, -0.2) is 25.7 Å². The minimum Gasteiger partial charge on any atom is -0.396 e. The van der Waals surface area contributed by atoms with E-state index in [1.54, 1.807) is 32.0 Å². The van der Waals surface area contributed by atoms with E-state index < -0.39 is 15.6 Å². The van der Waals surface area contributed by atoms with Crippen molar-refractivity contribution in [2.24, 2.45) is 0 Å². The molecular weight excluding hydrogens is 306 g/mol. The monoisotopic (exact) mass is 321 g/mol. The molecule has 0 atom stereocenters. The highest BCUT2D eigenvalue weighted by Crippen LogP contribution is 2.23. The Morgan fingerprint density at radius 2 is 1.94 bits per heavy atom. The van der Waals surface area contributed by atoms with Gasteiger partial charge in [0.2, 0.25) is 10.0 Å². The van der Waals surface area contributed by atoms with Crippen molar-refractivity contribution in [3.63, 3.8) is 0 Å². The third kappa shape index (κ3) is 4.06. The maximum Gasteiger partial charge on any atom is 0.242 e. The van der Waals surface area contributed by atoms with Crippen molar-refractivity contribution in [3.8, 4) is 0 Å². The molecule has 0 aromatic heterocycles. The number of aliphatic hydroxyl groups excluding tert-OH is 1. The average molecular weight is 322 g/mol. The van der Waals surface area contributed by atoms with E-state index in [9.17, 15) is 8.42 Å². The zero-order valence-corrected chi connectivity index (χ0v) is 12.2. The van der Waals surface area contributed by atoms with Crippen LogP contribution in [-0.2, 0) is 10.0 Å². The number of aliphatic hydroxyl groups is 1. The van der Waals surface area contributed by atoms with Crippen LogP contribution in [0.15, 0.2) is 33.6 Å². The summed E-state index contributed by atoms with van der Waals surface area (Å²) < 4.78 is 27.3. The van der Waals surface area contributed by atoms with E-state index in [1.165, 1.54) is 6.07 Å². The number of hydrogen-bond donors (Lipinski definition) is 2. The molecule has 0 aliphatic heterocycles. The van der Waals surface area contributed by atoms with Crippen LogP contribution < -0.4 is 4.72 Å². The Morgan fingerprint density at radius 3 is 2.47 bits per heavy atom. The van der Waals surface area contributed by atoms with Crippen LogP contribution in [0.25, 0.3) is 0 Å². The van der Waals surface area contributed by atoms with E-state index in [1.807, 2.05) is 0 Å². The summed E-state index contributed by atoms with van der Waals surface area (Å²) in [7, 11) is -3.58. The highest BCUT2D eigenvalue weighted by molar-refractivity contribution is 9.10. The quantitative estimate of drug-likeness (QED) is 0.870. The topological polar surface area (TPSA) is 66.4 Å². The fraction of sp³-hybridized carbons (Fsp3) is 0.455. The molecule has 96 valence electrons. The van der Waals surface area contributed by atoms with Gasteiger partial charge in [0.25, 0.3) is 0 Å². The van der Waals surface area contributed by atoms with Gasteiger partial charge in [0, 0.05) is 16.6 Å². The van der Waals surface area contributed by atoms with Crippen LogP contribution in [0.5, 0.6) is 0 Å². The van der Waals surface area contributed by atoms with E-state index in [2.05, 4.69) is 20.7 Å². The van der Waals surface area contributed by atoms with Crippen molar-refractivity contribution in [3.05, 3.63) is 28.7 Å². The molecule has 0 spiro atoms. The summed E-state index contributed by atoms with van der Waals surface area (Å²) in [5.74, 6) is 0. The van der Waals surface area contributed by atoms with Crippen molar-refractivity contribution >= 4 is 26.0 Å². The summed E-state index contributed by atoms with van der Waals surface area (Å²) in [6.45, 7) is 3.40. The summed E-state index contributed by atoms with van der Waals surface area (Å²) in [4.78, 5) is 0.200. The molecule has 0 unspecified atom stereocenters. The molecule has 0 heterocycles. The van der Waals surface area contributed by atoms with Gasteiger partial charge in [-0.1, -0.05) is 12.1 Å². The zero-order chi connectivity index (χ0) is 13.1. The smallest absolute Gasteiger partial charge is 0.242 e. The number of sulfonamides is 1. The van der Waals surface area contributed by atoms with Gasteiger partial charge in [0.1, 0.15) is 0 Å². The van der Waals surface area contributed by atoms with Crippen LogP contribution >= 0.6 is 15.9 Å². The second-order valence-electron chi connectivity index (χ2n) is 4.39. The Hall–Kier alpha value is -0.430. The largest absolute Gasteiger partial charge is 0.396 e. The zero-order valence-electron chi connectivity index (χ0n) is 9.77. The standard InChI is InChI=1S/C11H16BrNO3S/c1-11(2,7-8-14)13-17(15,16)10-6-4-3-5-9(10)12/h3-6,13-14H,7-8H2,1-2H3. The Balaban J connectivity index is 3.02. The molecule has 0 saturated heterocycles. The van der Waals surface area contributed by atoms with Crippen molar-refractivity contribution in [2.75, 3.05) is 6.61 Å². The molecule has 0 fully saturated rings. The van der Waals surface area contributed by atoms with E-state index in [-0.39, 0.29) is 11.5 Å². The number of rotatable bonds is 5. The lowest BCUT2D eigenvalue weighted by atomic mass is 10.0. The fourth-order valence-corrected chi connectivity index (χ4v) is 3.86. The Morgan fingerprint density at radius 1 is 1.35 bits per heavy atom. The maximum absolute atomic E-state index is 12.1. The van der Waals surface area contributed by atoms with Crippen molar-refractivity contribution in [2.45, 2.75) is 30.7 Å². The molecule has 1 aromatic rings. The highest BCUT2D eigenvalue weighted by Gasteiger charge is 2.26. The van der Waals surface area contributed by atoms with Crippen LogP contribution in [0.1, 0.15) is 20.3 Å². The number of nitrogens with one attached hydrogen (secondary N) is 1. The highest BCUT2D eigenvalue weighted by atomic mass is 79.9. The first kappa shape index (κ1) is 14.6. The molecule has 17 heavy (non-hydrogen) atoms. The van der Waals surface area contributed by atoms with Gasteiger partial charge in [-0.3, -0.25) is 0 Å². The second kappa shape index (κ2) is 5.48. The Labute approximate surface area is 110 Å². The molecule has 0 aliphatic rings. The van der Waals surface area contributed by atoms with Crippen molar-refractivity contribution in [1.82, 2.24) is 4.72 Å². The molecule has 0 amide bonds. The second-order valence-corrected chi connectivity index (χ2v) is 6.90. The van der Waals surface area contributed by atoms with Gasteiger partial charge in [-0.05, 0) is 48.3 Å². The predicted octanol–water partition coefficient (Wildman–Crippen LogP) is 1.89. The minimum atomic E-state index is -3.58. The van der Waals surface area contributed by atoms with Gasteiger partial charge >= 0.3 is 0 Å². The van der Waals surface area contributed by atoms with E-state index in [0.29, 0.717) is 10.9 Å². The molecule has 0 radical (unpaired) electrons. The lowest BCUT2D eigenvalue weighted by molar-refractivity contribution is 0.245. The average Bonchev–Trinajstić information content (AvgIpc) is 2.15. The summed E-state index contributed by atoms with van der Waals surface area (Å²) in [5.41, 5.74) is -0.678. The number of hydrogen-bond acceptors (Lipinski definition) is 3. The molecule has 0 bridgehead atoms. The number of halogens is 1. The third-order valence-corrected chi connectivity index (χ3v) is 4.98. The first-order chi connectivity index (χ1) is 7.78. The van der Waals surface area contributed by atoms with Crippen LogP contribution in [0, 0.1) is 0 Å². The summed E-state index contributed by atoms with van der Waals surface area (Å²) >= 11 is 3.21. The summed E-state index contributed by atoms with van der Waals surface area (Å²) in [6, 6.07) is 6.62.